The van der Waals surface area contributed by atoms with E-state index in [1.54, 1.807) is 24.3 Å². The van der Waals surface area contributed by atoms with Crippen LogP contribution in [0.4, 0.5) is 8.78 Å². The van der Waals surface area contributed by atoms with Crippen LogP contribution in [0.15, 0.2) is 34.7 Å². The van der Waals surface area contributed by atoms with Gasteiger partial charge < -0.3 is 9.52 Å². The molecule has 0 saturated heterocycles. The predicted octanol–water partition coefficient (Wildman–Crippen LogP) is 2.73. The Labute approximate surface area is 78.8 Å². The first-order valence-electron chi connectivity index (χ1n) is 4.13. The zero-order valence-corrected chi connectivity index (χ0v) is 7.15. The van der Waals surface area contributed by atoms with Gasteiger partial charge in [-0.05, 0) is 12.1 Å². The Morgan fingerprint density at radius 3 is 2.57 bits per heavy atom. The summed E-state index contributed by atoms with van der Waals surface area (Å²) in [6.07, 6.45) is -4.67. The highest BCUT2D eigenvalue weighted by molar-refractivity contribution is 5.77. The molecule has 0 saturated carbocycles. The fourth-order valence-electron chi connectivity index (χ4n) is 1.27. The summed E-state index contributed by atoms with van der Waals surface area (Å²) in [5.74, 6) is -0.0961. The number of alkyl halides is 2. The van der Waals surface area contributed by atoms with E-state index in [-0.39, 0.29) is 5.76 Å². The van der Waals surface area contributed by atoms with Crippen molar-refractivity contribution in [2.75, 3.05) is 0 Å². The lowest BCUT2D eigenvalue weighted by Crippen LogP contribution is -2.06. The first kappa shape index (κ1) is 9.15. The van der Waals surface area contributed by atoms with Crippen LogP contribution in [0.1, 0.15) is 11.9 Å². The minimum Gasteiger partial charge on any atom is -0.458 e. The molecule has 2 nitrogen and oxygen atoms in total. The Balaban J connectivity index is 2.45. The fraction of sp³-hybridized carbons (Fsp3) is 0.200. The lowest BCUT2D eigenvalue weighted by atomic mass is 10.2. The summed E-state index contributed by atoms with van der Waals surface area (Å²) in [7, 11) is 0. The van der Waals surface area contributed by atoms with Crippen LogP contribution in [-0.2, 0) is 0 Å². The number of para-hydroxylation sites is 1. The van der Waals surface area contributed by atoms with Gasteiger partial charge in [0.05, 0.1) is 0 Å². The van der Waals surface area contributed by atoms with Crippen molar-refractivity contribution in [3.8, 4) is 0 Å². The van der Waals surface area contributed by atoms with Gasteiger partial charge in [-0.3, -0.25) is 0 Å². The average molecular weight is 198 g/mol. The monoisotopic (exact) mass is 198 g/mol. The molecule has 1 aromatic heterocycles. The molecular formula is C10H8F2O2. The molecule has 14 heavy (non-hydrogen) atoms. The lowest BCUT2D eigenvalue weighted by molar-refractivity contribution is -0.0168. The molecule has 0 amide bonds. The minimum atomic E-state index is -2.82. The van der Waals surface area contributed by atoms with E-state index in [9.17, 15) is 8.78 Å². The summed E-state index contributed by atoms with van der Waals surface area (Å²) in [5, 5.41) is 9.77. The van der Waals surface area contributed by atoms with Crippen LogP contribution < -0.4 is 0 Å². The van der Waals surface area contributed by atoms with Gasteiger partial charge in [0.2, 0.25) is 0 Å². The summed E-state index contributed by atoms with van der Waals surface area (Å²) >= 11 is 0. The second-order valence-electron chi connectivity index (χ2n) is 2.97. The molecule has 0 spiro atoms. The molecule has 1 N–H and O–H groups in total. The SMILES string of the molecule is OC(c1cc2ccccc2o1)C(F)F. The number of fused-ring (bicyclic) bond motifs is 1. The summed E-state index contributed by atoms with van der Waals surface area (Å²) in [5.41, 5.74) is 0.502. The first-order valence-corrected chi connectivity index (χ1v) is 4.13. The number of hydrogen-bond donors (Lipinski definition) is 1. The van der Waals surface area contributed by atoms with E-state index >= 15 is 0 Å². The average Bonchev–Trinajstić information content (AvgIpc) is 2.59. The van der Waals surface area contributed by atoms with Crippen molar-refractivity contribution >= 4 is 11.0 Å². The highest BCUT2D eigenvalue weighted by atomic mass is 19.3. The molecule has 0 aliphatic carbocycles. The van der Waals surface area contributed by atoms with E-state index in [0.29, 0.717) is 11.0 Å². The molecule has 0 aliphatic rings. The third-order valence-corrected chi connectivity index (χ3v) is 1.97. The van der Waals surface area contributed by atoms with Gasteiger partial charge in [-0.15, -0.1) is 0 Å². The lowest BCUT2D eigenvalue weighted by Gasteiger charge is -2.03. The van der Waals surface area contributed by atoms with Gasteiger partial charge in [-0.1, -0.05) is 18.2 Å². The van der Waals surface area contributed by atoms with Crippen molar-refractivity contribution in [1.29, 1.82) is 0 Å². The molecule has 1 heterocycles. The molecule has 4 heteroatoms. The van der Waals surface area contributed by atoms with Gasteiger partial charge in [0.25, 0.3) is 6.43 Å². The van der Waals surface area contributed by atoms with Crippen LogP contribution in [0.5, 0.6) is 0 Å². The number of aliphatic hydroxyl groups excluding tert-OH is 1. The number of halogens is 2. The van der Waals surface area contributed by atoms with Crippen LogP contribution in [-0.4, -0.2) is 11.5 Å². The van der Waals surface area contributed by atoms with Gasteiger partial charge in [0, 0.05) is 5.39 Å². The summed E-state index contributed by atoms with van der Waals surface area (Å²) in [4.78, 5) is 0. The Kier molecular flexibility index (Phi) is 2.21. The van der Waals surface area contributed by atoms with Crippen LogP contribution in [0.3, 0.4) is 0 Å². The van der Waals surface area contributed by atoms with E-state index in [2.05, 4.69) is 0 Å². The number of aliphatic hydroxyl groups is 1. The standard InChI is InChI=1S/C10H8F2O2/c11-10(12)9(13)8-5-6-3-1-2-4-7(6)14-8/h1-5,9-10,13H. The molecule has 1 atom stereocenters. The number of furan rings is 1. The van der Waals surface area contributed by atoms with Crippen molar-refractivity contribution in [2.24, 2.45) is 0 Å². The summed E-state index contributed by atoms with van der Waals surface area (Å²) < 4.78 is 29.3. The van der Waals surface area contributed by atoms with Gasteiger partial charge in [0.1, 0.15) is 11.3 Å². The van der Waals surface area contributed by atoms with Crippen molar-refractivity contribution in [3.05, 3.63) is 36.1 Å². The van der Waals surface area contributed by atoms with Crippen molar-refractivity contribution < 1.29 is 18.3 Å². The Bertz CT molecular complexity index is 403. The second kappa shape index (κ2) is 3.38. The molecule has 1 unspecified atom stereocenters. The number of hydrogen-bond acceptors (Lipinski definition) is 2. The molecule has 0 radical (unpaired) electrons. The van der Waals surface area contributed by atoms with Crippen LogP contribution in [0.25, 0.3) is 11.0 Å². The second-order valence-corrected chi connectivity index (χ2v) is 2.97. The first-order chi connectivity index (χ1) is 6.68. The Morgan fingerprint density at radius 2 is 1.93 bits per heavy atom. The van der Waals surface area contributed by atoms with Crippen LogP contribution >= 0.6 is 0 Å². The van der Waals surface area contributed by atoms with Gasteiger partial charge in [-0.25, -0.2) is 8.78 Å². The zero-order valence-electron chi connectivity index (χ0n) is 7.15. The normalized spacial score (nSPS) is 13.7. The molecule has 2 rings (SSSR count). The summed E-state index contributed by atoms with van der Waals surface area (Å²) in [6, 6.07) is 8.34. The molecule has 1 aromatic carbocycles. The molecule has 74 valence electrons. The molecule has 2 aromatic rings. The van der Waals surface area contributed by atoms with Gasteiger partial charge >= 0.3 is 0 Å². The largest absolute Gasteiger partial charge is 0.458 e. The maximum atomic E-state index is 12.1. The smallest absolute Gasteiger partial charge is 0.271 e. The summed E-state index contributed by atoms with van der Waals surface area (Å²) in [6.45, 7) is 0. The molecule has 0 fully saturated rings. The van der Waals surface area contributed by atoms with Crippen molar-refractivity contribution in [3.63, 3.8) is 0 Å². The molecule has 0 bridgehead atoms. The fourth-order valence-corrected chi connectivity index (χ4v) is 1.27. The molecular weight excluding hydrogens is 190 g/mol. The van der Waals surface area contributed by atoms with Gasteiger partial charge in [0.15, 0.2) is 6.10 Å². The quantitative estimate of drug-likeness (QED) is 0.804. The molecule has 0 aliphatic heterocycles. The van der Waals surface area contributed by atoms with Gasteiger partial charge in [-0.2, -0.15) is 0 Å². The number of rotatable bonds is 2. The third kappa shape index (κ3) is 1.48. The highest BCUT2D eigenvalue weighted by Crippen LogP contribution is 2.26. The van der Waals surface area contributed by atoms with E-state index in [0.717, 1.165) is 0 Å². The highest BCUT2D eigenvalue weighted by Gasteiger charge is 2.22. The van der Waals surface area contributed by atoms with E-state index in [1.165, 1.54) is 6.07 Å². The minimum absolute atomic E-state index is 0.0961. The van der Waals surface area contributed by atoms with Crippen LogP contribution in [0.2, 0.25) is 0 Å². The van der Waals surface area contributed by atoms with E-state index in [1.807, 2.05) is 0 Å². The Morgan fingerprint density at radius 1 is 1.21 bits per heavy atom. The van der Waals surface area contributed by atoms with Crippen molar-refractivity contribution in [1.82, 2.24) is 0 Å². The topological polar surface area (TPSA) is 33.4 Å². The maximum absolute atomic E-state index is 12.1. The van der Waals surface area contributed by atoms with Crippen molar-refractivity contribution in [2.45, 2.75) is 12.5 Å². The van der Waals surface area contributed by atoms with Crippen LogP contribution in [0, 0.1) is 0 Å². The maximum Gasteiger partial charge on any atom is 0.271 e. The number of benzene rings is 1. The predicted molar refractivity (Wildman–Crippen MR) is 47.2 cm³/mol. The zero-order chi connectivity index (χ0) is 10.1. The third-order valence-electron chi connectivity index (χ3n) is 1.97. The van der Waals surface area contributed by atoms with E-state index in [4.69, 9.17) is 9.52 Å². The van der Waals surface area contributed by atoms with E-state index < -0.39 is 12.5 Å². The Hall–Kier alpha value is -1.42.